The lowest BCUT2D eigenvalue weighted by atomic mass is 9.84. The van der Waals surface area contributed by atoms with E-state index in [4.69, 9.17) is 4.74 Å². The highest BCUT2D eigenvalue weighted by molar-refractivity contribution is 5.98. The summed E-state index contributed by atoms with van der Waals surface area (Å²) in [6.07, 6.45) is 4.58. The Balaban J connectivity index is 1.47. The van der Waals surface area contributed by atoms with Crippen LogP contribution in [-0.4, -0.2) is 49.9 Å². The van der Waals surface area contributed by atoms with Crippen molar-refractivity contribution in [3.8, 4) is 5.75 Å². The number of rotatable bonds is 6. The Kier molecular flexibility index (Phi) is 6.89. The molecule has 0 spiro atoms. The maximum Gasteiger partial charge on any atom is 0.222 e. The first kappa shape index (κ1) is 19.9. The van der Waals surface area contributed by atoms with Crippen LogP contribution in [0.15, 0.2) is 24.3 Å². The van der Waals surface area contributed by atoms with Gasteiger partial charge in [0, 0.05) is 31.0 Å². The molecule has 2 heterocycles. The summed E-state index contributed by atoms with van der Waals surface area (Å²) >= 11 is 0. The van der Waals surface area contributed by atoms with E-state index in [0.29, 0.717) is 31.3 Å². The highest BCUT2D eigenvalue weighted by Gasteiger charge is 2.30. The first-order valence-electron chi connectivity index (χ1n) is 10.2. The summed E-state index contributed by atoms with van der Waals surface area (Å²) in [5.41, 5.74) is 0.735. The minimum absolute atomic E-state index is 0.0161. The SMILES string of the molecule is COc1ccc(C(=O)C2CCN(C(=O)CC(C)C3CCCNC3)CC2)cc1. The zero-order chi connectivity index (χ0) is 19.2. The predicted molar refractivity (Wildman–Crippen MR) is 106 cm³/mol. The van der Waals surface area contributed by atoms with Crippen molar-refractivity contribution < 1.29 is 14.3 Å². The number of amides is 1. The zero-order valence-electron chi connectivity index (χ0n) is 16.6. The topological polar surface area (TPSA) is 58.6 Å². The lowest BCUT2D eigenvalue weighted by Gasteiger charge is -2.34. The molecule has 0 radical (unpaired) electrons. The number of ether oxygens (including phenoxy) is 1. The Morgan fingerprint density at radius 1 is 1.19 bits per heavy atom. The van der Waals surface area contributed by atoms with Crippen LogP contribution in [0.2, 0.25) is 0 Å². The molecule has 27 heavy (non-hydrogen) atoms. The molecule has 0 saturated carbocycles. The molecule has 2 fully saturated rings. The molecule has 1 N–H and O–H groups in total. The highest BCUT2D eigenvalue weighted by Crippen LogP contribution is 2.26. The number of benzene rings is 1. The molecule has 0 aliphatic carbocycles. The Morgan fingerprint density at radius 3 is 2.48 bits per heavy atom. The second-order valence-electron chi connectivity index (χ2n) is 8.04. The Labute approximate surface area is 162 Å². The molecule has 2 atom stereocenters. The smallest absolute Gasteiger partial charge is 0.222 e. The maximum atomic E-state index is 12.7. The number of hydrogen-bond acceptors (Lipinski definition) is 4. The number of ketones is 1. The summed E-state index contributed by atoms with van der Waals surface area (Å²) in [7, 11) is 1.62. The van der Waals surface area contributed by atoms with Crippen LogP contribution in [-0.2, 0) is 4.79 Å². The van der Waals surface area contributed by atoms with Crippen LogP contribution in [0.4, 0.5) is 0 Å². The van der Waals surface area contributed by atoms with E-state index in [1.807, 2.05) is 29.2 Å². The normalized spacial score (nSPS) is 22.3. The van der Waals surface area contributed by atoms with E-state index in [0.717, 1.165) is 37.2 Å². The van der Waals surface area contributed by atoms with Gasteiger partial charge in [-0.1, -0.05) is 6.92 Å². The summed E-state index contributed by atoms with van der Waals surface area (Å²) < 4.78 is 5.15. The third-order valence-corrected chi connectivity index (χ3v) is 6.23. The van der Waals surface area contributed by atoms with Gasteiger partial charge in [-0.25, -0.2) is 0 Å². The van der Waals surface area contributed by atoms with Gasteiger partial charge in [0.2, 0.25) is 5.91 Å². The maximum absolute atomic E-state index is 12.7. The highest BCUT2D eigenvalue weighted by atomic mass is 16.5. The number of methoxy groups -OCH3 is 1. The van der Waals surface area contributed by atoms with Crippen molar-refractivity contribution in [3.05, 3.63) is 29.8 Å². The number of Topliss-reactive ketones (excluding diaryl/α,β-unsaturated/α-hetero) is 1. The van der Waals surface area contributed by atoms with Crippen molar-refractivity contribution in [2.75, 3.05) is 33.3 Å². The molecule has 0 aromatic heterocycles. The molecule has 1 aromatic rings. The molecular weight excluding hydrogens is 340 g/mol. The van der Waals surface area contributed by atoms with Gasteiger partial charge in [-0.15, -0.1) is 0 Å². The van der Waals surface area contributed by atoms with Crippen molar-refractivity contribution in [1.29, 1.82) is 0 Å². The average Bonchev–Trinajstić information content (AvgIpc) is 2.74. The van der Waals surface area contributed by atoms with E-state index in [1.165, 1.54) is 12.8 Å². The third kappa shape index (κ3) is 5.10. The molecule has 2 aliphatic rings. The number of piperidine rings is 2. The van der Waals surface area contributed by atoms with Gasteiger partial charge in [-0.05, 0) is 74.9 Å². The molecule has 2 unspecified atom stereocenters. The summed E-state index contributed by atoms with van der Waals surface area (Å²) in [4.78, 5) is 27.3. The molecule has 0 bridgehead atoms. The van der Waals surface area contributed by atoms with E-state index in [-0.39, 0.29) is 17.6 Å². The third-order valence-electron chi connectivity index (χ3n) is 6.23. The number of nitrogens with zero attached hydrogens (tertiary/aromatic N) is 1. The summed E-state index contributed by atoms with van der Waals surface area (Å²) in [5.74, 6) is 2.24. The van der Waals surface area contributed by atoms with E-state index in [9.17, 15) is 9.59 Å². The van der Waals surface area contributed by atoms with Gasteiger partial charge in [0.1, 0.15) is 5.75 Å². The van der Waals surface area contributed by atoms with Crippen LogP contribution in [0.3, 0.4) is 0 Å². The standard InChI is InChI=1S/C22H32N2O3/c1-16(19-4-3-11-23-15-19)14-21(25)24-12-9-18(10-13-24)22(26)17-5-7-20(27-2)8-6-17/h5-8,16,18-19,23H,3-4,9-15H2,1-2H3. The Hall–Kier alpha value is -1.88. The van der Waals surface area contributed by atoms with E-state index >= 15 is 0 Å². The van der Waals surface area contributed by atoms with Crippen molar-refractivity contribution in [3.63, 3.8) is 0 Å². The fraction of sp³-hybridized carbons (Fsp3) is 0.636. The predicted octanol–water partition coefficient (Wildman–Crippen LogP) is 3.14. The van der Waals surface area contributed by atoms with Gasteiger partial charge < -0.3 is 15.0 Å². The van der Waals surface area contributed by atoms with Crippen LogP contribution >= 0.6 is 0 Å². The number of carbonyl (C=O) groups is 2. The van der Waals surface area contributed by atoms with Crippen LogP contribution in [0.25, 0.3) is 0 Å². The largest absolute Gasteiger partial charge is 0.497 e. The van der Waals surface area contributed by atoms with Gasteiger partial charge in [0.15, 0.2) is 5.78 Å². The summed E-state index contributed by atoms with van der Waals surface area (Å²) in [6.45, 7) is 5.73. The van der Waals surface area contributed by atoms with Crippen molar-refractivity contribution in [1.82, 2.24) is 10.2 Å². The first-order valence-corrected chi connectivity index (χ1v) is 10.2. The minimum Gasteiger partial charge on any atom is -0.497 e. The molecule has 1 amide bonds. The van der Waals surface area contributed by atoms with E-state index in [2.05, 4.69) is 12.2 Å². The average molecular weight is 373 g/mol. The number of hydrogen-bond donors (Lipinski definition) is 1. The second-order valence-corrected chi connectivity index (χ2v) is 8.04. The van der Waals surface area contributed by atoms with Gasteiger partial charge >= 0.3 is 0 Å². The quantitative estimate of drug-likeness (QED) is 0.780. The molecule has 5 heteroatoms. The fourth-order valence-corrected chi connectivity index (χ4v) is 4.32. The van der Waals surface area contributed by atoms with E-state index < -0.39 is 0 Å². The van der Waals surface area contributed by atoms with E-state index in [1.54, 1.807) is 7.11 Å². The Bertz CT molecular complexity index is 629. The molecule has 148 valence electrons. The van der Waals surface area contributed by atoms with Crippen LogP contribution in [0, 0.1) is 17.8 Å². The Morgan fingerprint density at radius 2 is 1.89 bits per heavy atom. The van der Waals surface area contributed by atoms with Crippen LogP contribution < -0.4 is 10.1 Å². The zero-order valence-corrected chi connectivity index (χ0v) is 16.6. The van der Waals surface area contributed by atoms with Crippen LogP contribution in [0.5, 0.6) is 5.75 Å². The number of nitrogens with one attached hydrogen (secondary N) is 1. The number of likely N-dealkylation sites (tertiary alicyclic amines) is 1. The van der Waals surface area contributed by atoms with Crippen LogP contribution in [0.1, 0.15) is 49.4 Å². The van der Waals surface area contributed by atoms with Gasteiger partial charge in [0.25, 0.3) is 0 Å². The lowest BCUT2D eigenvalue weighted by molar-refractivity contribution is -0.133. The van der Waals surface area contributed by atoms with Crippen molar-refractivity contribution in [2.24, 2.45) is 17.8 Å². The molecular formula is C22H32N2O3. The second kappa shape index (κ2) is 9.36. The summed E-state index contributed by atoms with van der Waals surface area (Å²) in [5, 5.41) is 3.44. The molecule has 3 rings (SSSR count). The van der Waals surface area contributed by atoms with Gasteiger partial charge in [-0.3, -0.25) is 9.59 Å². The van der Waals surface area contributed by atoms with Crippen molar-refractivity contribution >= 4 is 11.7 Å². The molecule has 1 aromatic carbocycles. The van der Waals surface area contributed by atoms with Gasteiger partial charge in [-0.2, -0.15) is 0 Å². The lowest BCUT2D eigenvalue weighted by Crippen LogP contribution is -2.42. The minimum atomic E-state index is 0.0161. The fourth-order valence-electron chi connectivity index (χ4n) is 4.32. The molecule has 2 saturated heterocycles. The van der Waals surface area contributed by atoms with Crippen molar-refractivity contribution in [2.45, 2.75) is 39.0 Å². The molecule has 2 aliphatic heterocycles. The van der Waals surface area contributed by atoms with Gasteiger partial charge in [0.05, 0.1) is 7.11 Å². The number of carbonyl (C=O) groups excluding carboxylic acids is 2. The monoisotopic (exact) mass is 372 g/mol. The molecule has 5 nitrogen and oxygen atoms in total. The first-order chi connectivity index (χ1) is 13.1. The summed E-state index contributed by atoms with van der Waals surface area (Å²) in [6, 6.07) is 7.32.